The summed E-state index contributed by atoms with van der Waals surface area (Å²) in [5, 5.41) is 5.04. The van der Waals surface area contributed by atoms with Gasteiger partial charge in [-0.05, 0) is 42.8 Å². The summed E-state index contributed by atoms with van der Waals surface area (Å²) in [4.78, 5) is 21.8. The Labute approximate surface area is 149 Å². The number of nitrogens with zero attached hydrogens (tertiary/aromatic N) is 2. The quantitative estimate of drug-likeness (QED) is 0.669. The molecular weight excluding hydrogens is 338 g/mol. The van der Waals surface area contributed by atoms with Crippen molar-refractivity contribution in [3.8, 4) is 0 Å². The Hall–Kier alpha value is -2.18. The zero-order chi connectivity index (χ0) is 16.8. The molecule has 3 rings (SSSR count). The molecule has 3 aromatic rings. The molecule has 2 heterocycles. The van der Waals surface area contributed by atoms with Gasteiger partial charge in [-0.25, -0.2) is 4.98 Å². The summed E-state index contributed by atoms with van der Waals surface area (Å²) in [6.45, 7) is 1.95. The molecule has 0 fully saturated rings. The molecular formula is C18H17N3OS2. The van der Waals surface area contributed by atoms with Gasteiger partial charge in [0.1, 0.15) is 0 Å². The molecule has 0 aliphatic rings. The number of carbonyl (C=O) groups excluding carboxylic acids is 1. The van der Waals surface area contributed by atoms with E-state index in [0.29, 0.717) is 5.56 Å². The van der Waals surface area contributed by atoms with Crippen LogP contribution in [0.4, 0.5) is 0 Å². The molecule has 0 bridgehead atoms. The van der Waals surface area contributed by atoms with Gasteiger partial charge in [0.2, 0.25) is 0 Å². The van der Waals surface area contributed by atoms with E-state index in [2.05, 4.69) is 20.7 Å². The molecule has 0 saturated carbocycles. The second-order valence-corrected chi connectivity index (χ2v) is 7.04. The average molecular weight is 355 g/mol. The first-order valence-corrected chi connectivity index (χ1v) is 9.46. The third kappa shape index (κ3) is 4.43. The lowest BCUT2D eigenvalue weighted by molar-refractivity contribution is 0.0940. The zero-order valence-electron chi connectivity index (χ0n) is 13.2. The third-order valence-corrected chi connectivity index (χ3v) is 5.20. The number of thioether (sulfide) groups is 1. The van der Waals surface area contributed by atoms with Gasteiger partial charge >= 0.3 is 0 Å². The van der Waals surface area contributed by atoms with E-state index in [1.807, 2.05) is 48.8 Å². The number of amides is 1. The molecule has 0 aliphatic heterocycles. The van der Waals surface area contributed by atoms with Gasteiger partial charge in [0.25, 0.3) is 5.91 Å². The summed E-state index contributed by atoms with van der Waals surface area (Å²) in [5.41, 5.74) is 4.56. The van der Waals surface area contributed by atoms with E-state index in [1.54, 1.807) is 35.5 Å². The lowest BCUT2D eigenvalue weighted by Gasteiger charge is -2.14. The molecule has 0 saturated heterocycles. The normalized spacial score (nSPS) is 11.9. The first-order valence-electron chi connectivity index (χ1n) is 7.53. The van der Waals surface area contributed by atoms with Crippen molar-refractivity contribution in [1.29, 1.82) is 0 Å². The highest BCUT2D eigenvalue weighted by atomic mass is 32.2. The number of pyridine rings is 1. The Morgan fingerprint density at radius 1 is 1.29 bits per heavy atom. The Kier molecular flexibility index (Phi) is 5.61. The van der Waals surface area contributed by atoms with E-state index in [1.165, 1.54) is 0 Å². The van der Waals surface area contributed by atoms with Gasteiger partial charge < -0.3 is 5.32 Å². The van der Waals surface area contributed by atoms with E-state index in [9.17, 15) is 4.79 Å². The van der Waals surface area contributed by atoms with Crippen LogP contribution in [-0.4, -0.2) is 15.9 Å². The van der Waals surface area contributed by atoms with Crippen molar-refractivity contribution in [3.63, 3.8) is 0 Å². The highest BCUT2D eigenvalue weighted by Crippen LogP contribution is 2.23. The SMILES string of the molecule is CC(NC(=O)c1ccc(SCc2cscn2)cc1)c1cccnc1. The lowest BCUT2D eigenvalue weighted by Crippen LogP contribution is -2.26. The predicted octanol–water partition coefficient (Wildman–Crippen LogP) is 4.32. The molecule has 1 N–H and O–H groups in total. The fraction of sp³-hybridized carbons (Fsp3) is 0.167. The Morgan fingerprint density at radius 3 is 2.79 bits per heavy atom. The fourth-order valence-corrected chi connectivity index (χ4v) is 3.63. The molecule has 6 heteroatoms. The standard InChI is InChI=1S/C18H17N3OS2/c1-13(15-3-2-8-19-9-15)21-18(22)14-4-6-17(7-5-14)24-11-16-10-23-12-20-16/h2-10,12-13H,11H2,1H3,(H,21,22). The molecule has 4 nitrogen and oxygen atoms in total. The van der Waals surface area contributed by atoms with Crippen LogP contribution in [0.3, 0.4) is 0 Å². The minimum absolute atomic E-state index is 0.0788. The first kappa shape index (κ1) is 16.7. The predicted molar refractivity (Wildman–Crippen MR) is 98.2 cm³/mol. The first-order chi connectivity index (χ1) is 11.7. The van der Waals surface area contributed by atoms with Crippen LogP contribution < -0.4 is 5.32 Å². The summed E-state index contributed by atoms with van der Waals surface area (Å²) in [7, 11) is 0. The molecule has 2 aromatic heterocycles. The van der Waals surface area contributed by atoms with Crippen molar-refractivity contribution in [2.45, 2.75) is 23.6 Å². The summed E-state index contributed by atoms with van der Waals surface area (Å²) >= 11 is 3.32. The van der Waals surface area contributed by atoms with Crippen LogP contribution in [0.2, 0.25) is 0 Å². The van der Waals surface area contributed by atoms with E-state index in [0.717, 1.165) is 21.9 Å². The minimum Gasteiger partial charge on any atom is -0.345 e. The molecule has 1 aromatic carbocycles. The second kappa shape index (κ2) is 8.08. The summed E-state index contributed by atoms with van der Waals surface area (Å²) in [6, 6.07) is 11.4. The van der Waals surface area contributed by atoms with Gasteiger partial charge in [0.15, 0.2) is 0 Å². The molecule has 0 spiro atoms. The Balaban J connectivity index is 1.57. The minimum atomic E-state index is -0.0811. The number of hydrogen-bond acceptors (Lipinski definition) is 5. The Bertz CT molecular complexity index is 774. The van der Waals surface area contributed by atoms with Gasteiger partial charge in [-0.15, -0.1) is 23.1 Å². The number of aromatic nitrogens is 2. The van der Waals surface area contributed by atoms with Crippen LogP contribution in [0.1, 0.15) is 34.6 Å². The number of nitrogens with one attached hydrogen (secondary N) is 1. The maximum atomic E-state index is 12.3. The van der Waals surface area contributed by atoms with E-state index in [4.69, 9.17) is 0 Å². The molecule has 1 amide bonds. The summed E-state index contributed by atoms with van der Waals surface area (Å²) in [6.07, 6.45) is 3.49. The maximum Gasteiger partial charge on any atom is 0.251 e. The average Bonchev–Trinajstić information content (AvgIpc) is 3.14. The molecule has 0 radical (unpaired) electrons. The highest BCUT2D eigenvalue weighted by molar-refractivity contribution is 7.98. The topological polar surface area (TPSA) is 54.9 Å². The number of hydrogen-bond donors (Lipinski definition) is 1. The van der Waals surface area contributed by atoms with Crippen molar-refractivity contribution in [2.24, 2.45) is 0 Å². The van der Waals surface area contributed by atoms with Crippen LogP contribution in [0.25, 0.3) is 0 Å². The van der Waals surface area contributed by atoms with Crippen LogP contribution in [0.5, 0.6) is 0 Å². The second-order valence-electron chi connectivity index (χ2n) is 5.27. The van der Waals surface area contributed by atoms with Gasteiger partial charge in [-0.3, -0.25) is 9.78 Å². The summed E-state index contributed by atoms with van der Waals surface area (Å²) in [5.74, 6) is 0.759. The van der Waals surface area contributed by atoms with Gasteiger partial charge in [0, 0.05) is 34.0 Å². The summed E-state index contributed by atoms with van der Waals surface area (Å²) < 4.78 is 0. The van der Waals surface area contributed by atoms with Crippen molar-refractivity contribution in [2.75, 3.05) is 0 Å². The Morgan fingerprint density at radius 2 is 2.12 bits per heavy atom. The monoisotopic (exact) mass is 355 g/mol. The van der Waals surface area contributed by atoms with E-state index < -0.39 is 0 Å². The van der Waals surface area contributed by atoms with Crippen molar-refractivity contribution in [3.05, 3.63) is 76.5 Å². The van der Waals surface area contributed by atoms with Gasteiger partial charge in [-0.1, -0.05) is 6.07 Å². The third-order valence-electron chi connectivity index (χ3n) is 3.52. The highest BCUT2D eigenvalue weighted by Gasteiger charge is 2.11. The molecule has 122 valence electrons. The number of carbonyl (C=O) groups is 1. The molecule has 24 heavy (non-hydrogen) atoms. The van der Waals surface area contributed by atoms with Crippen LogP contribution >= 0.6 is 23.1 Å². The van der Waals surface area contributed by atoms with E-state index >= 15 is 0 Å². The molecule has 1 unspecified atom stereocenters. The zero-order valence-corrected chi connectivity index (χ0v) is 14.8. The van der Waals surface area contributed by atoms with Crippen LogP contribution in [-0.2, 0) is 5.75 Å². The van der Waals surface area contributed by atoms with Gasteiger partial charge in [-0.2, -0.15) is 0 Å². The van der Waals surface area contributed by atoms with Crippen LogP contribution in [0.15, 0.2) is 64.6 Å². The van der Waals surface area contributed by atoms with Crippen molar-refractivity contribution < 1.29 is 4.79 Å². The fourth-order valence-electron chi connectivity index (χ4n) is 2.16. The number of rotatable bonds is 6. The lowest BCUT2D eigenvalue weighted by atomic mass is 10.1. The van der Waals surface area contributed by atoms with Crippen molar-refractivity contribution in [1.82, 2.24) is 15.3 Å². The number of thiazole rings is 1. The number of benzene rings is 1. The van der Waals surface area contributed by atoms with Crippen LogP contribution in [0, 0.1) is 0 Å². The van der Waals surface area contributed by atoms with E-state index in [-0.39, 0.29) is 11.9 Å². The molecule has 0 aliphatic carbocycles. The smallest absolute Gasteiger partial charge is 0.251 e. The molecule has 1 atom stereocenters. The van der Waals surface area contributed by atoms with Gasteiger partial charge in [0.05, 0.1) is 17.2 Å². The van der Waals surface area contributed by atoms with Crippen molar-refractivity contribution >= 4 is 29.0 Å². The largest absolute Gasteiger partial charge is 0.345 e. The maximum absolute atomic E-state index is 12.3.